The second-order valence-corrected chi connectivity index (χ2v) is 16.5. The van der Waals surface area contributed by atoms with Gasteiger partial charge in [-0.25, -0.2) is 26.4 Å². The maximum Gasteiger partial charge on any atom is 0.410 e. The molecule has 1 heterocycles. The zero-order valence-corrected chi connectivity index (χ0v) is 28.2. The Kier molecular flexibility index (Phi) is 9.97. The summed E-state index contributed by atoms with van der Waals surface area (Å²) in [5.74, 6) is -6.99. The van der Waals surface area contributed by atoms with Crippen molar-refractivity contribution in [3.8, 4) is 0 Å². The van der Waals surface area contributed by atoms with Crippen molar-refractivity contribution in [2.75, 3.05) is 11.9 Å². The van der Waals surface area contributed by atoms with Crippen molar-refractivity contribution in [1.82, 2.24) is 4.90 Å². The van der Waals surface area contributed by atoms with E-state index >= 15 is 0 Å². The number of rotatable bonds is 8. The molecule has 6 atom stereocenters. The Morgan fingerprint density at radius 2 is 1.65 bits per heavy atom. The molecule has 3 unspecified atom stereocenters. The van der Waals surface area contributed by atoms with E-state index in [-0.39, 0.29) is 59.8 Å². The van der Waals surface area contributed by atoms with Gasteiger partial charge >= 0.3 is 6.09 Å². The van der Waals surface area contributed by atoms with Crippen LogP contribution in [-0.2, 0) is 19.4 Å². The number of nitrogens with zero attached hydrogens (tertiary/aromatic N) is 1. The van der Waals surface area contributed by atoms with Crippen LogP contribution >= 0.6 is 11.6 Å². The molecule has 3 fully saturated rings. The number of hydrogen-bond donors (Lipinski definition) is 3. The molecule has 2 aromatic carbocycles. The van der Waals surface area contributed by atoms with E-state index in [1.54, 1.807) is 20.8 Å². The number of carbonyl (C=O) groups is 3. The monoisotopic (exact) mass is 714 g/mol. The van der Waals surface area contributed by atoms with Gasteiger partial charge in [-0.2, -0.15) is 0 Å². The summed E-state index contributed by atoms with van der Waals surface area (Å²) in [6, 6.07) is 3.58. The summed E-state index contributed by atoms with van der Waals surface area (Å²) in [7, 11) is -4.15. The smallest absolute Gasteiger partial charge is 0.410 e. The van der Waals surface area contributed by atoms with Crippen LogP contribution in [0, 0.1) is 29.3 Å². The van der Waals surface area contributed by atoms with Gasteiger partial charge in [-0.3, -0.25) is 14.5 Å². The highest BCUT2D eigenvalue weighted by Gasteiger charge is 2.56. The lowest BCUT2D eigenvalue weighted by atomic mass is 9.71. The summed E-state index contributed by atoms with van der Waals surface area (Å²) < 4.78 is 73.8. The van der Waals surface area contributed by atoms with Crippen LogP contribution in [0.1, 0.15) is 76.1 Å². The Labute approximate surface area is 281 Å². The van der Waals surface area contributed by atoms with Crippen LogP contribution in [0.4, 0.5) is 23.7 Å². The Balaban J connectivity index is 1.27. The molecule has 3 N–H and O–H groups in total. The van der Waals surface area contributed by atoms with Crippen LogP contribution in [0.25, 0.3) is 0 Å². The predicted molar refractivity (Wildman–Crippen MR) is 169 cm³/mol. The number of nitrogens with one attached hydrogen (secondary N) is 1. The molecule has 2 amide bonds. The topological polar surface area (TPSA) is 150 Å². The lowest BCUT2D eigenvalue weighted by Gasteiger charge is -2.43. The molecule has 1 aliphatic heterocycles. The predicted octanol–water partition coefficient (Wildman–Crippen LogP) is 5.42. The number of sulfone groups is 1. The first-order valence-corrected chi connectivity index (χ1v) is 17.7. The highest BCUT2D eigenvalue weighted by molar-refractivity contribution is 7.92. The Morgan fingerprint density at radius 3 is 2.23 bits per heavy atom. The van der Waals surface area contributed by atoms with Crippen LogP contribution in [0.15, 0.2) is 35.2 Å². The molecule has 48 heavy (non-hydrogen) atoms. The standard InChI is InChI=1S/C33H38ClF3N2O8S/c1-32(2,3)47-31(43)39-11-9-26(41)29(39)25(40)8-10-33(44)18-5-6-19(33)14-21(13-18)48(45,46)27-12-17(4-7-22(27)34)30(42)38-20-15-23(35)28(37)24(36)16-20/h4,7,12,15-16,18-19,21,26,29,41,44H,5-6,8-11,13-14H2,1-3H3,(H,38,42)/t18-,19?,21?,26+,29+,33?/m0/s1. The van der Waals surface area contributed by atoms with Crippen molar-refractivity contribution >= 4 is 44.9 Å². The summed E-state index contributed by atoms with van der Waals surface area (Å²) in [5, 5.41) is 23.5. The van der Waals surface area contributed by atoms with E-state index in [4.69, 9.17) is 16.3 Å². The fourth-order valence-electron chi connectivity index (χ4n) is 7.31. The molecule has 2 aromatic rings. The summed E-state index contributed by atoms with van der Waals surface area (Å²) in [4.78, 5) is 39.8. The summed E-state index contributed by atoms with van der Waals surface area (Å²) in [6.07, 6.45) is -0.483. The average molecular weight is 715 g/mol. The van der Waals surface area contributed by atoms with Crippen LogP contribution in [0.3, 0.4) is 0 Å². The Hall–Kier alpha value is -3.20. The van der Waals surface area contributed by atoms with Crippen LogP contribution < -0.4 is 5.32 Å². The summed E-state index contributed by atoms with van der Waals surface area (Å²) in [5.41, 5.74) is -2.69. The lowest BCUT2D eigenvalue weighted by Crippen LogP contribution is -2.50. The van der Waals surface area contributed by atoms with E-state index in [1.807, 2.05) is 0 Å². The Morgan fingerprint density at radius 1 is 1.04 bits per heavy atom. The highest BCUT2D eigenvalue weighted by Crippen LogP contribution is 2.54. The van der Waals surface area contributed by atoms with Gasteiger partial charge in [0, 0.05) is 36.3 Å². The van der Waals surface area contributed by atoms with E-state index in [9.17, 15) is 46.2 Å². The van der Waals surface area contributed by atoms with E-state index in [0.717, 1.165) is 6.07 Å². The number of aliphatic hydroxyl groups excluding tert-OH is 1. The number of anilines is 1. The average Bonchev–Trinajstić information content (AvgIpc) is 3.41. The van der Waals surface area contributed by atoms with Gasteiger partial charge in [-0.1, -0.05) is 11.6 Å². The number of hydrogen-bond acceptors (Lipinski definition) is 8. The lowest BCUT2D eigenvalue weighted by molar-refractivity contribution is -0.129. The second-order valence-electron chi connectivity index (χ2n) is 13.9. The SMILES string of the molecule is CC(C)(C)OC(=O)N1CC[C@@H](O)[C@H]1C(=O)CCC1(O)C2CC[C@H]1CC(S(=O)(=O)c1cc(C(=O)Nc3cc(F)c(F)c(F)c3)ccc1Cl)C2. The quantitative estimate of drug-likeness (QED) is 0.307. The largest absolute Gasteiger partial charge is 0.444 e. The van der Waals surface area contributed by atoms with Crippen molar-refractivity contribution in [1.29, 1.82) is 0 Å². The maximum atomic E-state index is 13.9. The molecule has 15 heteroatoms. The molecular formula is C33H38ClF3N2O8S. The first kappa shape index (κ1) is 36.1. The van der Waals surface area contributed by atoms with Gasteiger partial charge in [-0.05, 0) is 89.3 Å². The fraction of sp³-hybridized carbons (Fsp3) is 0.545. The third-order valence-corrected chi connectivity index (χ3v) is 12.3. The zero-order valence-electron chi connectivity index (χ0n) is 26.6. The number of aliphatic hydroxyl groups is 2. The molecule has 5 rings (SSSR count). The molecule has 2 saturated carbocycles. The number of benzene rings is 2. The first-order valence-electron chi connectivity index (χ1n) is 15.7. The third-order valence-electron chi connectivity index (χ3n) is 9.65. The van der Waals surface area contributed by atoms with Gasteiger partial charge in [0.15, 0.2) is 33.1 Å². The van der Waals surface area contributed by atoms with Crippen LogP contribution in [-0.4, -0.2) is 76.5 Å². The molecule has 3 aliphatic rings. The van der Waals surface area contributed by atoms with Crippen LogP contribution in [0.2, 0.25) is 5.02 Å². The highest BCUT2D eigenvalue weighted by atomic mass is 35.5. The number of fused-ring (bicyclic) bond motifs is 2. The van der Waals surface area contributed by atoms with E-state index in [1.165, 1.54) is 17.0 Å². The van der Waals surface area contributed by atoms with E-state index < -0.39 is 85.5 Å². The molecule has 2 bridgehead atoms. The van der Waals surface area contributed by atoms with Gasteiger partial charge < -0.3 is 20.3 Å². The number of ketones is 1. The number of halogens is 4. The van der Waals surface area contributed by atoms with E-state index in [2.05, 4.69) is 5.32 Å². The second kappa shape index (κ2) is 13.3. The van der Waals surface area contributed by atoms with E-state index in [0.29, 0.717) is 25.0 Å². The molecular weight excluding hydrogens is 677 g/mol. The van der Waals surface area contributed by atoms with Crippen molar-refractivity contribution in [3.63, 3.8) is 0 Å². The minimum Gasteiger partial charge on any atom is -0.444 e. The maximum absolute atomic E-state index is 13.9. The molecule has 1 saturated heterocycles. The van der Waals surface area contributed by atoms with Crippen molar-refractivity contribution in [2.45, 2.75) is 99.2 Å². The van der Waals surface area contributed by atoms with Crippen molar-refractivity contribution in [3.05, 3.63) is 58.4 Å². The van der Waals surface area contributed by atoms with Gasteiger partial charge in [0.05, 0.1) is 26.9 Å². The Bertz CT molecular complexity index is 1700. The normalized spacial score (nSPS) is 27.2. The number of ether oxygens (including phenoxy) is 1. The molecule has 0 spiro atoms. The number of carbonyl (C=O) groups excluding carboxylic acids is 3. The minimum absolute atomic E-state index is 0.0281. The zero-order chi connectivity index (χ0) is 35.3. The fourth-order valence-corrected chi connectivity index (χ4v) is 9.71. The van der Waals surface area contributed by atoms with Crippen LogP contribution in [0.5, 0.6) is 0 Å². The molecule has 0 aromatic heterocycles. The van der Waals surface area contributed by atoms with Gasteiger partial charge in [0.2, 0.25) is 0 Å². The molecule has 262 valence electrons. The molecule has 2 aliphatic carbocycles. The van der Waals surface area contributed by atoms with Gasteiger partial charge in [0.25, 0.3) is 5.91 Å². The third kappa shape index (κ3) is 7.08. The van der Waals surface area contributed by atoms with Gasteiger partial charge in [0.1, 0.15) is 11.6 Å². The minimum atomic E-state index is -4.15. The summed E-state index contributed by atoms with van der Waals surface area (Å²) >= 11 is 6.30. The first-order chi connectivity index (χ1) is 22.3. The number of amides is 2. The summed E-state index contributed by atoms with van der Waals surface area (Å²) in [6.45, 7) is 5.23. The van der Waals surface area contributed by atoms with Gasteiger partial charge in [-0.15, -0.1) is 0 Å². The van der Waals surface area contributed by atoms with Crippen molar-refractivity contribution in [2.24, 2.45) is 11.8 Å². The number of likely N-dealkylation sites (tertiary alicyclic amines) is 1. The molecule has 0 radical (unpaired) electrons. The number of Topliss-reactive ketones (excluding diaryl/α,β-unsaturated/α-hetero) is 1. The van der Waals surface area contributed by atoms with Crippen molar-refractivity contribution < 1.29 is 50.9 Å². The molecule has 10 nitrogen and oxygen atoms in total.